The molecule has 6 heterocycles. The van der Waals surface area contributed by atoms with E-state index in [2.05, 4.69) is 381 Å². The molecule has 0 spiro atoms. The first-order valence-corrected chi connectivity index (χ1v) is 34.4. The minimum Gasteiger partial charge on any atom is -0.311 e. The predicted molar refractivity (Wildman–Crippen MR) is 410 cm³/mol. The number of para-hydroxylation sites is 8. The van der Waals surface area contributed by atoms with E-state index in [1.54, 1.807) is 0 Å². The minimum absolute atomic E-state index is 0.186. The van der Waals surface area contributed by atoms with Crippen LogP contribution < -0.4 is 60.8 Å². The lowest BCUT2D eigenvalue weighted by molar-refractivity contribution is 1.22. The number of rotatable bonds is 12. The molecule has 96 heavy (non-hydrogen) atoms. The van der Waals surface area contributed by atoms with Gasteiger partial charge in [0, 0.05) is 98.9 Å². The summed E-state index contributed by atoms with van der Waals surface area (Å²) >= 11 is 3.86. The lowest BCUT2D eigenvalue weighted by Crippen LogP contribution is -2.64. The second-order valence-corrected chi connectivity index (χ2v) is 26.9. The Labute approximate surface area is 568 Å². The van der Waals surface area contributed by atoms with Gasteiger partial charge in [-0.15, -0.1) is 22.7 Å². The number of anilines is 18. The first kappa shape index (κ1) is 55.8. The van der Waals surface area contributed by atoms with Crippen LogP contribution in [0, 0.1) is 0 Å². The molecule has 0 saturated carbocycles. The summed E-state index contributed by atoms with van der Waals surface area (Å²) in [6.07, 6.45) is 0. The maximum atomic E-state index is 2.67. The van der Waals surface area contributed by atoms with Crippen LogP contribution in [0.5, 0.6) is 0 Å². The Morgan fingerprint density at radius 3 is 0.750 bits per heavy atom. The van der Waals surface area contributed by atoms with Gasteiger partial charge in [-0.2, -0.15) is 0 Å². The number of benzene rings is 13. The second kappa shape index (κ2) is 23.0. The monoisotopic (exact) mass is 1260 g/mol. The highest BCUT2D eigenvalue weighted by Gasteiger charge is 2.50. The molecule has 0 fully saturated rings. The molecule has 0 bridgehead atoms. The smallest absolute Gasteiger partial charge is 0.264 e. The fourth-order valence-electron chi connectivity index (χ4n) is 15.3. The zero-order chi connectivity index (χ0) is 63.2. The fraction of sp³-hybridized carbons (Fsp3) is 0. The third kappa shape index (κ3) is 9.09. The van der Waals surface area contributed by atoms with Crippen molar-refractivity contribution >= 4 is 170 Å². The third-order valence-electron chi connectivity index (χ3n) is 19.3. The molecular weight excluding hydrogens is 1200 g/mol. The van der Waals surface area contributed by atoms with Crippen molar-refractivity contribution in [1.82, 2.24) is 0 Å². The molecule has 0 saturated heterocycles. The van der Waals surface area contributed by atoms with Crippen molar-refractivity contribution in [2.24, 2.45) is 0 Å². The summed E-state index contributed by atoms with van der Waals surface area (Å²) in [6, 6.07) is 130. The van der Waals surface area contributed by atoms with E-state index in [1.807, 2.05) is 22.7 Å². The largest absolute Gasteiger partial charge is 0.311 e. The van der Waals surface area contributed by atoms with Crippen LogP contribution >= 0.6 is 22.7 Å². The van der Waals surface area contributed by atoms with E-state index in [1.165, 1.54) is 63.7 Å². The van der Waals surface area contributed by atoms with Gasteiger partial charge in [-0.25, -0.2) is 0 Å². The molecule has 2 aromatic heterocycles. The Hall–Kier alpha value is -11.8. The van der Waals surface area contributed by atoms with Crippen LogP contribution in [0.15, 0.2) is 352 Å². The van der Waals surface area contributed by atoms with Crippen LogP contribution in [-0.4, -0.2) is 13.4 Å². The van der Waals surface area contributed by atoms with Gasteiger partial charge >= 0.3 is 0 Å². The van der Waals surface area contributed by atoms with Crippen LogP contribution in [0.4, 0.5) is 102 Å². The summed E-state index contributed by atoms with van der Waals surface area (Å²) in [7, 11) is 0. The van der Waals surface area contributed by atoms with Gasteiger partial charge < -0.3 is 29.4 Å². The molecule has 0 N–H and O–H groups in total. The van der Waals surface area contributed by atoms with Gasteiger partial charge in [0.05, 0.1) is 22.7 Å². The molecule has 4 aliphatic rings. The Morgan fingerprint density at radius 2 is 0.469 bits per heavy atom. The molecule has 450 valence electrons. The van der Waals surface area contributed by atoms with Gasteiger partial charge in [0.1, 0.15) is 0 Å². The maximum Gasteiger partial charge on any atom is 0.264 e. The van der Waals surface area contributed by atoms with Gasteiger partial charge in [-0.1, -0.05) is 212 Å². The summed E-state index contributed by atoms with van der Waals surface area (Å²) < 4.78 is 2.61. The SMILES string of the molecule is c1ccc(-c2cc3c(s2)B2c4cc5c(cc4N(c4ccccc4)c4cc(N(c6ccccc6)c6ccccc6)cc(c42)N3c2ccccc2)N(c2ccccc2)c2cc(N(c3ccccc3)c3ccccc3)cc3c2B5c2sc(-c4ccccc4)cc2N3c2ccccc2)cc1. The number of hydrogen-bond acceptors (Lipinski definition) is 8. The Balaban J connectivity index is 0.952. The van der Waals surface area contributed by atoms with Gasteiger partial charge in [0.25, 0.3) is 13.4 Å². The third-order valence-corrected chi connectivity index (χ3v) is 21.8. The zero-order valence-corrected chi connectivity index (χ0v) is 53.8. The molecular formula is C86H58B2N6S2. The number of hydrogen-bond donors (Lipinski definition) is 0. The second-order valence-electron chi connectivity index (χ2n) is 24.8. The van der Waals surface area contributed by atoms with E-state index in [0.717, 1.165) is 91.0 Å². The summed E-state index contributed by atoms with van der Waals surface area (Å²) in [5, 5.41) is 0. The molecule has 0 unspecified atom stereocenters. The molecule has 4 aliphatic heterocycles. The van der Waals surface area contributed by atoms with Crippen LogP contribution in [0.3, 0.4) is 0 Å². The lowest BCUT2D eigenvalue weighted by Gasteiger charge is -2.47. The number of fused-ring (bicyclic) bond motifs is 8. The van der Waals surface area contributed by atoms with Crippen molar-refractivity contribution in [3.05, 3.63) is 352 Å². The molecule has 0 radical (unpaired) electrons. The Morgan fingerprint density at radius 1 is 0.219 bits per heavy atom. The van der Waals surface area contributed by atoms with Gasteiger partial charge in [-0.05, 0) is 173 Å². The van der Waals surface area contributed by atoms with E-state index in [0.29, 0.717) is 0 Å². The molecule has 0 aliphatic carbocycles. The number of nitrogens with zero attached hydrogens (tertiary/aromatic N) is 6. The standard InChI is InChI=1S/C86H58B2N6S2/c1-11-31-59(32-12-1)81-57-79-85(95-81)87-71-55-72-74(56-73(71)91(65-43-23-7-24-44-65)75-51-69(53-77(83(75)87)93(79)67-47-27-9-28-48-67)89(61-35-15-3-16-36-61)62-37-17-4-18-38-62)92(66-45-25-8-26-46-66)76-52-70(90(63-39-19-5-20-40-63)64-41-21-6-22-42-64)54-78-84(76)88(72)86-80(94(78)68-49-29-10-30-50-68)58-82(96-86)60-33-13-2-14-34-60/h1-58H. The molecule has 0 atom stereocenters. The molecule has 13 aromatic carbocycles. The van der Waals surface area contributed by atoms with Gasteiger partial charge in [0.2, 0.25) is 0 Å². The van der Waals surface area contributed by atoms with Crippen molar-refractivity contribution < 1.29 is 0 Å². The Kier molecular flexibility index (Phi) is 13.4. The molecule has 6 nitrogen and oxygen atoms in total. The van der Waals surface area contributed by atoms with Gasteiger partial charge in [-0.3, -0.25) is 0 Å². The fourth-order valence-corrected chi connectivity index (χ4v) is 17.9. The highest BCUT2D eigenvalue weighted by molar-refractivity contribution is 7.32. The van der Waals surface area contributed by atoms with E-state index in [-0.39, 0.29) is 13.4 Å². The predicted octanol–water partition coefficient (Wildman–Crippen LogP) is 20.2. The molecule has 15 aromatic rings. The lowest BCUT2D eigenvalue weighted by atomic mass is 9.32. The summed E-state index contributed by atoms with van der Waals surface area (Å²) in [6.45, 7) is -0.371. The van der Waals surface area contributed by atoms with Crippen LogP contribution in [0.25, 0.3) is 20.9 Å². The van der Waals surface area contributed by atoms with Crippen molar-refractivity contribution in [3.8, 4) is 20.9 Å². The van der Waals surface area contributed by atoms with Crippen molar-refractivity contribution in [3.63, 3.8) is 0 Å². The first-order valence-electron chi connectivity index (χ1n) is 32.8. The Bertz CT molecular complexity index is 4970. The average molecular weight is 1260 g/mol. The highest BCUT2D eigenvalue weighted by Crippen LogP contribution is 2.54. The van der Waals surface area contributed by atoms with Crippen molar-refractivity contribution in [1.29, 1.82) is 0 Å². The zero-order valence-electron chi connectivity index (χ0n) is 52.1. The summed E-state index contributed by atoms with van der Waals surface area (Å²) in [5.74, 6) is 0. The molecule has 19 rings (SSSR count). The first-order chi connectivity index (χ1) is 47.7. The van der Waals surface area contributed by atoms with E-state index >= 15 is 0 Å². The van der Waals surface area contributed by atoms with Gasteiger partial charge in [0.15, 0.2) is 0 Å². The molecule has 10 heteroatoms. The average Bonchev–Trinajstić information content (AvgIpc) is 1.09. The summed E-state index contributed by atoms with van der Waals surface area (Å²) in [4.78, 5) is 17.6. The van der Waals surface area contributed by atoms with Crippen LogP contribution in [0.1, 0.15) is 0 Å². The van der Waals surface area contributed by atoms with Crippen LogP contribution in [-0.2, 0) is 0 Å². The van der Waals surface area contributed by atoms with Crippen LogP contribution in [0.2, 0.25) is 0 Å². The number of thiophene rings is 2. The molecule has 0 amide bonds. The maximum absolute atomic E-state index is 2.67. The minimum atomic E-state index is -0.186. The van der Waals surface area contributed by atoms with Crippen molar-refractivity contribution in [2.75, 3.05) is 29.4 Å². The van der Waals surface area contributed by atoms with E-state index in [4.69, 9.17) is 0 Å². The van der Waals surface area contributed by atoms with E-state index in [9.17, 15) is 0 Å². The summed E-state index contributed by atoms with van der Waals surface area (Å²) in [5.41, 5.74) is 27.4. The topological polar surface area (TPSA) is 19.4 Å². The van der Waals surface area contributed by atoms with E-state index < -0.39 is 0 Å². The quantitative estimate of drug-likeness (QED) is 0.113. The van der Waals surface area contributed by atoms with Crippen molar-refractivity contribution in [2.45, 2.75) is 0 Å². The normalized spacial score (nSPS) is 12.9. The highest BCUT2D eigenvalue weighted by atomic mass is 32.1.